The summed E-state index contributed by atoms with van der Waals surface area (Å²) in [5, 5.41) is 7.59. The summed E-state index contributed by atoms with van der Waals surface area (Å²) in [7, 11) is 3.16. The molecule has 1 aromatic carbocycles. The van der Waals surface area contributed by atoms with Crippen LogP contribution >= 0.6 is 11.8 Å². The van der Waals surface area contributed by atoms with E-state index in [1.165, 1.54) is 11.8 Å². The molecule has 1 aromatic rings. The van der Waals surface area contributed by atoms with Crippen LogP contribution in [0.3, 0.4) is 0 Å². The van der Waals surface area contributed by atoms with Gasteiger partial charge in [-0.05, 0) is 6.07 Å². The fraction of sp³-hybridized carbons (Fsp3) is 0.273. The van der Waals surface area contributed by atoms with Gasteiger partial charge in [0.25, 0.3) is 0 Å². The molecule has 6 nitrogen and oxygen atoms in total. The van der Waals surface area contributed by atoms with Gasteiger partial charge in [0.2, 0.25) is 0 Å². The Morgan fingerprint density at radius 2 is 2.06 bits per heavy atom. The van der Waals surface area contributed by atoms with Crippen molar-refractivity contribution in [2.24, 2.45) is 16.5 Å². The average Bonchev–Trinajstić information content (AvgIpc) is 2.34. The van der Waals surface area contributed by atoms with Gasteiger partial charge in [-0.1, -0.05) is 23.9 Å². The number of amidine groups is 1. The lowest BCUT2D eigenvalue weighted by atomic mass is 10.2. The third-order valence-electron chi connectivity index (χ3n) is 2.08. The van der Waals surface area contributed by atoms with Crippen LogP contribution in [0.25, 0.3) is 0 Å². The number of methoxy groups -OCH3 is 2. The second-order valence-electron chi connectivity index (χ2n) is 3.28. The van der Waals surface area contributed by atoms with Crippen molar-refractivity contribution in [3.63, 3.8) is 0 Å². The summed E-state index contributed by atoms with van der Waals surface area (Å²) in [4.78, 5) is 3.64. The summed E-state index contributed by atoms with van der Waals surface area (Å²) in [6.45, 7) is 0. The molecule has 0 aliphatic heterocycles. The monoisotopic (exact) mass is 268 g/mol. The van der Waals surface area contributed by atoms with Crippen LogP contribution in [0.15, 0.2) is 23.2 Å². The van der Waals surface area contributed by atoms with E-state index >= 15 is 0 Å². The van der Waals surface area contributed by atoms with Gasteiger partial charge in [-0.25, -0.2) is 0 Å². The second-order valence-corrected chi connectivity index (χ2v) is 4.25. The average molecular weight is 268 g/mol. The van der Waals surface area contributed by atoms with E-state index in [1.54, 1.807) is 14.2 Å². The largest absolute Gasteiger partial charge is 0.493 e. The van der Waals surface area contributed by atoms with Gasteiger partial charge in [0.05, 0.1) is 14.2 Å². The molecule has 0 saturated heterocycles. The van der Waals surface area contributed by atoms with Gasteiger partial charge in [-0.2, -0.15) is 4.99 Å². The molecule has 0 saturated carbocycles. The molecule has 0 aliphatic carbocycles. The van der Waals surface area contributed by atoms with Crippen molar-refractivity contribution in [3.05, 3.63) is 23.8 Å². The minimum atomic E-state index is -0.120. The highest BCUT2D eigenvalue weighted by atomic mass is 32.2. The zero-order valence-electron chi connectivity index (χ0n) is 10.3. The van der Waals surface area contributed by atoms with Gasteiger partial charge < -0.3 is 20.9 Å². The smallest absolute Gasteiger partial charge is 0.193 e. The third kappa shape index (κ3) is 3.85. The number of thioether (sulfide) groups is 1. The molecule has 18 heavy (non-hydrogen) atoms. The fourth-order valence-corrected chi connectivity index (χ4v) is 2.05. The van der Waals surface area contributed by atoms with Crippen LogP contribution in [0, 0.1) is 5.41 Å². The van der Waals surface area contributed by atoms with Crippen LogP contribution in [0.2, 0.25) is 0 Å². The Balaban J connectivity index is 2.79. The van der Waals surface area contributed by atoms with Gasteiger partial charge in [0.15, 0.2) is 22.6 Å². The van der Waals surface area contributed by atoms with Crippen LogP contribution in [0.4, 0.5) is 0 Å². The number of guanidine groups is 1. The van der Waals surface area contributed by atoms with E-state index in [2.05, 4.69) is 4.99 Å². The van der Waals surface area contributed by atoms with Crippen LogP contribution < -0.4 is 20.9 Å². The number of aliphatic imine (C=N–C) groups is 1. The van der Waals surface area contributed by atoms with Crippen molar-refractivity contribution in [1.29, 1.82) is 5.41 Å². The van der Waals surface area contributed by atoms with Gasteiger partial charge in [0.1, 0.15) is 0 Å². The number of rotatable bonds is 4. The highest BCUT2D eigenvalue weighted by Gasteiger charge is 2.10. The lowest BCUT2D eigenvalue weighted by Crippen LogP contribution is -2.23. The van der Waals surface area contributed by atoms with Gasteiger partial charge in [-0.3, -0.25) is 5.41 Å². The Bertz CT molecular complexity index is 458. The molecule has 0 fully saturated rings. The summed E-state index contributed by atoms with van der Waals surface area (Å²) >= 11 is 1.21. The van der Waals surface area contributed by atoms with Crippen molar-refractivity contribution in [2.75, 3.05) is 14.2 Å². The lowest BCUT2D eigenvalue weighted by molar-refractivity contribution is 0.352. The highest BCUT2D eigenvalue weighted by Crippen LogP contribution is 2.33. The van der Waals surface area contributed by atoms with Crippen molar-refractivity contribution in [2.45, 2.75) is 5.75 Å². The Labute approximate surface area is 110 Å². The van der Waals surface area contributed by atoms with E-state index in [4.69, 9.17) is 26.4 Å². The van der Waals surface area contributed by atoms with Crippen molar-refractivity contribution < 1.29 is 9.47 Å². The molecule has 0 aliphatic rings. The molecule has 0 unspecified atom stereocenters. The van der Waals surface area contributed by atoms with Crippen LogP contribution in [-0.2, 0) is 5.75 Å². The minimum absolute atomic E-state index is 0.0554. The molecule has 0 aromatic heterocycles. The molecule has 0 bridgehead atoms. The van der Waals surface area contributed by atoms with Crippen molar-refractivity contribution >= 4 is 22.9 Å². The summed E-state index contributed by atoms with van der Waals surface area (Å²) in [6.07, 6.45) is 0. The summed E-state index contributed by atoms with van der Waals surface area (Å²) in [5.74, 6) is 1.72. The Morgan fingerprint density at radius 1 is 1.33 bits per heavy atom. The maximum Gasteiger partial charge on any atom is 0.193 e. The standard InChI is InChI=1S/C11H16N4O2S/c1-16-8-5-3-4-7(9(8)17-2)6-18-11(14)15-10(12)13/h3-5H,6H2,1-2H3,(H5,12,13,14,15). The zero-order chi connectivity index (χ0) is 13.5. The summed E-state index contributed by atoms with van der Waals surface area (Å²) in [6, 6.07) is 5.58. The molecule has 7 heteroatoms. The van der Waals surface area contributed by atoms with E-state index in [9.17, 15) is 0 Å². The summed E-state index contributed by atoms with van der Waals surface area (Å²) in [5.41, 5.74) is 11.3. The van der Waals surface area contributed by atoms with Crippen LogP contribution in [-0.4, -0.2) is 25.3 Å². The number of nitrogens with zero attached hydrogens (tertiary/aromatic N) is 1. The predicted molar refractivity (Wildman–Crippen MR) is 74.4 cm³/mol. The number of hydrogen-bond acceptors (Lipinski definition) is 4. The van der Waals surface area contributed by atoms with E-state index in [-0.39, 0.29) is 11.1 Å². The Hall–Kier alpha value is -1.89. The number of ether oxygens (including phenoxy) is 2. The maximum atomic E-state index is 7.54. The Morgan fingerprint density at radius 3 is 2.61 bits per heavy atom. The molecular formula is C11H16N4O2S. The topological polar surface area (TPSA) is 107 Å². The maximum absolute atomic E-state index is 7.54. The first-order valence-corrected chi connectivity index (χ1v) is 6.08. The van der Waals surface area contributed by atoms with Gasteiger partial charge >= 0.3 is 0 Å². The molecule has 0 spiro atoms. The van der Waals surface area contributed by atoms with Crippen LogP contribution in [0.1, 0.15) is 5.56 Å². The molecule has 1 rings (SSSR count). The number of nitrogens with one attached hydrogen (secondary N) is 1. The molecule has 0 heterocycles. The number of nitrogens with two attached hydrogens (primary N) is 2. The zero-order valence-corrected chi connectivity index (χ0v) is 11.1. The minimum Gasteiger partial charge on any atom is -0.493 e. The van der Waals surface area contributed by atoms with Gasteiger partial charge in [0, 0.05) is 11.3 Å². The lowest BCUT2D eigenvalue weighted by Gasteiger charge is -2.11. The van der Waals surface area contributed by atoms with Crippen molar-refractivity contribution in [3.8, 4) is 11.5 Å². The molecule has 0 atom stereocenters. The third-order valence-corrected chi connectivity index (χ3v) is 2.90. The highest BCUT2D eigenvalue weighted by molar-refractivity contribution is 8.13. The number of para-hydroxylation sites is 1. The first-order chi connectivity index (χ1) is 8.58. The molecular weight excluding hydrogens is 252 g/mol. The SMILES string of the molecule is COc1cccc(CSC(=N)N=C(N)N)c1OC. The molecule has 98 valence electrons. The Kier molecular flexibility index (Phi) is 5.31. The van der Waals surface area contributed by atoms with E-state index in [0.29, 0.717) is 17.3 Å². The second kappa shape index (κ2) is 6.75. The molecule has 5 N–H and O–H groups in total. The van der Waals surface area contributed by atoms with Crippen molar-refractivity contribution in [1.82, 2.24) is 0 Å². The van der Waals surface area contributed by atoms with E-state index in [0.717, 1.165) is 5.56 Å². The fourth-order valence-electron chi connectivity index (χ4n) is 1.36. The predicted octanol–water partition coefficient (Wildman–Crippen LogP) is 1.15. The first-order valence-electron chi connectivity index (χ1n) is 5.09. The normalized spacial score (nSPS) is 9.67. The van der Waals surface area contributed by atoms with E-state index < -0.39 is 0 Å². The van der Waals surface area contributed by atoms with Crippen LogP contribution in [0.5, 0.6) is 11.5 Å². The summed E-state index contributed by atoms with van der Waals surface area (Å²) < 4.78 is 10.5. The molecule has 0 radical (unpaired) electrons. The number of hydrogen-bond donors (Lipinski definition) is 3. The quantitative estimate of drug-likeness (QED) is 0.561. The molecule has 0 amide bonds. The van der Waals surface area contributed by atoms with Gasteiger partial charge in [-0.15, -0.1) is 0 Å². The first kappa shape index (κ1) is 14.2. The number of benzene rings is 1. The van der Waals surface area contributed by atoms with E-state index in [1.807, 2.05) is 18.2 Å².